The Hall–Kier alpha value is -1.22. The van der Waals surface area contributed by atoms with Gasteiger partial charge < -0.3 is 15.2 Å². The molecule has 0 aromatic heterocycles. The van der Waals surface area contributed by atoms with Crippen LogP contribution < -0.4 is 10.1 Å². The van der Waals surface area contributed by atoms with Gasteiger partial charge in [-0.25, -0.2) is 0 Å². The van der Waals surface area contributed by atoms with Crippen LogP contribution in [0, 0.1) is 11.3 Å². The van der Waals surface area contributed by atoms with E-state index < -0.39 is 5.60 Å². The molecule has 0 spiro atoms. The van der Waals surface area contributed by atoms with Gasteiger partial charge in [-0.1, -0.05) is 12.1 Å². The minimum atomic E-state index is -0.685. The summed E-state index contributed by atoms with van der Waals surface area (Å²) in [5.74, 6) is 1.40. The van der Waals surface area contributed by atoms with Gasteiger partial charge in [0.05, 0.1) is 5.60 Å². The summed E-state index contributed by atoms with van der Waals surface area (Å²) in [6, 6.07) is 9.51. The lowest BCUT2D eigenvalue weighted by Crippen LogP contribution is -2.39. The second-order valence-electron chi connectivity index (χ2n) is 4.62. The van der Waals surface area contributed by atoms with Gasteiger partial charge in [0.15, 0.2) is 6.61 Å². The van der Waals surface area contributed by atoms with E-state index in [9.17, 15) is 5.11 Å². The van der Waals surface area contributed by atoms with Crippen LogP contribution in [0.3, 0.4) is 0 Å². The van der Waals surface area contributed by atoms with Gasteiger partial charge in [-0.15, -0.1) is 0 Å². The molecular formula is C14H20N2O2S. The molecule has 1 atom stereocenters. The van der Waals surface area contributed by atoms with Crippen molar-refractivity contribution in [2.75, 3.05) is 25.2 Å². The number of nitrogens with zero attached hydrogens (tertiary/aromatic N) is 1. The van der Waals surface area contributed by atoms with Crippen LogP contribution in [0.4, 0.5) is 0 Å². The number of rotatable bonds is 8. The fraction of sp³-hybridized carbons (Fsp3) is 0.500. The molecule has 0 aliphatic carbocycles. The normalized spacial score (nSPS) is 13.6. The SMILES string of the molecule is CSCC(C)(O)CNCc1ccc(OCC#N)cc1. The predicted molar refractivity (Wildman–Crippen MR) is 78.3 cm³/mol. The Morgan fingerprint density at radius 1 is 1.42 bits per heavy atom. The van der Waals surface area contributed by atoms with Gasteiger partial charge in [-0.2, -0.15) is 17.0 Å². The highest BCUT2D eigenvalue weighted by Gasteiger charge is 2.18. The molecule has 4 nitrogen and oxygen atoms in total. The molecule has 0 saturated carbocycles. The summed E-state index contributed by atoms with van der Waals surface area (Å²) in [7, 11) is 0. The van der Waals surface area contributed by atoms with Crippen molar-refractivity contribution in [3.63, 3.8) is 0 Å². The highest BCUT2D eigenvalue weighted by molar-refractivity contribution is 7.98. The van der Waals surface area contributed by atoms with Crippen LogP contribution in [0.1, 0.15) is 12.5 Å². The van der Waals surface area contributed by atoms with Crippen LogP contribution in [0.25, 0.3) is 0 Å². The van der Waals surface area contributed by atoms with Crippen molar-refractivity contribution < 1.29 is 9.84 Å². The van der Waals surface area contributed by atoms with Crippen LogP contribution >= 0.6 is 11.8 Å². The number of thioether (sulfide) groups is 1. The molecule has 1 unspecified atom stereocenters. The summed E-state index contributed by atoms with van der Waals surface area (Å²) in [6.45, 7) is 3.15. The Morgan fingerprint density at radius 2 is 2.11 bits per heavy atom. The lowest BCUT2D eigenvalue weighted by Gasteiger charge is -2.22. The van der Waals surface area contributed by atoms with Crippen LogP contribution in [-0.2, 0) is 6.54 Å². The van der Waals surface area contributed by atoms with E-state index in [-0.39, 0.29) is 6.61 Å². The number of ether oxygens (including phenoxy) is 1. The average Bonchev–Trinajstić information content (AvgIpc) is 2.37. The van der Waals surface area contributed by atoms with E-state index in [1.165, 1.54) is 0 Å². The lowest BCUT2D eigenvalue weighted by molar-refractivity contribution is 0.0846. The first-order valence-electron chi connectivity index (χ1n) is 6.08. The summed E-state index contributed by atoms with van der Waals surface area (Å²) in [5, 5.41) is 21.6. The third-order valence-corrected chi connectivity index (χ3v) is 3.43. The van der Waals surface area contributed by atoms with Crippen molar-refractivity contribution in [1.82, 2.24) is 5.32 Å². The first-order valence-corrected chi connectivity index (χ1v) is 7.47. The number of nitrogens with one attached hydrogen (secondary N) is 1. The number of hydrogen-bond donors (Lipinski definition) is 2. The molecule has 5 heteroatoms. The monoisotopic (exact) mass is 280 g/mol. The highest BCUT2D eigenvalue weighted by Crippen LogP contribution is 2.13. The molecule has 19 heavy (non-hydrogen) atoms. The molecule has 0 aliphatic rings. The number of aliphatic hydroxyl groups is 1. The van der Waals surface area contributed by atoms with Crippen LogP contribution in [0.5, 0.6) is 5.75 Å². The minimum absolute atomic E-state index is 0.0646. The Bertz CT molecular complexity index is 412. The van der Waals surface area contributed by atoms with Gasteiger partial charge in [0.25, 0.3) is 0 Å². The second-order valence-corrected chi connectivity index (χ2v) is 5.49. The van der Waals surface area contributed by atoms with Crippen molar-refractivity contribution in [1.29, 1.82) is 5.26 Å². The van der Waals surface area contributed by atoms with Crippen molar-refractivity contribution in [3.8, 4) is 11.8 Å². The molecule has 0 heterocycles. The zero-order chi connectivity index (χ0) is 14.1. The van der Waals surface area contributed by atoms with Gasteiger partial charge in [-0.05, 0) is 30.9 Å². The highest BCUT2D eigenvalue weighted by atomic mass is 32.2. The van der Waals surface area contributed by atoms with Gasteiger partial charge >= 0.3 is 0 Å². The molecule has 0 saturated heterocycles. The van der Waals surface area contributed by atoms with E-state index >= 15 is 0 Å². The molecule has 1 rings (SSSR count). The molecule has 2 N–H and O–H groups in total. The van der Waals surface area contributed by atoms with Crippen molar-refractivity contribution in [2.24, 2.45) is 0 Å². The lowest BCUT2D eigenvalue weighted by atomic mass is 10.1. The topological polar surface area (TPSA) is 65.3 Å². The number of nitriles is 1. The standard InChI is InChI=1S/C14H20N2O2S/c1-14(17,11-19-2)10-16-9-12-3-5-13(6-4-12)18-8-7-15/h3-6,16-17H,8-11H2,1-2H3. The molecule has 0 radical (unpaired) electrons. The summed E-state index contributed by atoms with van der Waals surface area (Å²) < 4.78 is 5.18. The summed E-state index contributed by atoms with van der Waals surface area (Å²) >= 11 is 1.63. The number of benzene rings is 1. The molecular weight excluding hydrogens is 260 g/mol. The molecule has 0 aliphatic heterocycles. The number of hydrogen-bond acceptors (Lipinski definition) is 5. The maximum Gasteiger partial charge on any atom is 0.174 e. The van der Waals surface area contributed by atoms with Crippen LogP contribution in [-0.4, -0.2) is 35.9 Å². The van der Waals surface area contributed by atoms with Crippen molar-refractivity contribution in [3.05, 3.63) is 29.8 Å². The maximum absolute atomic E-state index is 10.00. The molecule has 1 aromatic rings. The van der Waals surface area contributed by atoms with Crippen molar-refractivity contribution >= 4 is 11.8 Å². The molecule has 0 fully saturated rings. The largest absolute Gasteiger partial charge is 0.479 e. The maximum atomic E-state index is 10.00. The molecule has 104 valence electrons. The first-order chi connectivity index (χ1) is 9.07. The predicted octanol–water partition coefficient (Wildman–Crippen LogP) is 1.79. The third kappa shape index (κ3) is 6.48. The van der Waals surface area contributed by atoms with Crippen LogP contribution in [0.15, 0.2) is 24.3 Å². The summed E-state index contributed by atoms with van der Waals surface area (Å²) in [5.41, 5.74) is 0.430. The Morgan fingerprint density at radius 3 is 2.68 bits per heavy atom. The molecule has 0 bridgehead atoms. The van der Waals surface area contributed by atoms with Gasteiger partial charge in [0.2, 0.25) is 0 Å². The van der Waals surface area contributed by atoms with Crippen LogP contribution in [0.2, 0.25) is 0 Å². The summed E-state index contributed by atoms with van der Waals surface area (Å²) in [6.07, 6.45) is 1.98. The van der Waals surface area contributed by atoms with Gasteiger partial charge in [-0.3, -0.25) is 0 Å². The molecule has 1 aromatic carbocycles. The second kappa shape index (κ2) is 8.05. The molecule has 0 amide bonds. The Kier molecular flexibility index (Phi) is 6.71. The Balaban J connectivity index is 2.36. The average molecular weight is 280 g/mol. The van der Waals surface area contributed by atoms with E-state index in [2.05, 4.69) is 5.32 Å². The van der Waals surface area contributed by atoms with E-state index in [1.54, 1.807) is 11.8 Å². The first kappa shape index (κ1) is 15.8. The van der Waals surface area contributed by atoms with E-state index in [1.807, 2.05) is 43.5 Å². The van der Waals surface area contributed by atoms with Gasteiger partial charge in [0, 0.05) is 18.8 Å². The fourth-order valence-electron chi connectivity index (χ4n) is 1.66. The van der Waals surface area contributed by atoms with E-state index in [0.717, 1.165) is 5.56 Å². The Labute approximate surface area is 118 Å². The zero-order valence-corrected chi connectivity index (χ0v) is 12.2. The fourth-order valence-corrected chi connectivity index (χ4v) is 2.38. The quantitative estimate of drug-likeness (QED) is 0.760. The smallest absolute Gasteiger partial charge is 0.174 e. The van der Waals surface area contributed by atoms with Gasteiger partial charge in [0.1, 0.15) is 11.8 Å². The van der Waals surface area contributed by atoms with E-state index in [4.69, 9.17) is 10.00 Å². The minimum Gasteiger partial charge on any atom is -0.479 e. The van der Waals surface area contributed by atoms with Crippen molar-refractivity contribution in [2.45, 2.75) is 19.1 Å². The van der Waals surface area contributed by atoms with E-state index in [0.29, 0.717) is 24.6 Å². The third-order valence-electron chi connectivity index (χ3n) is 2.52. The zero-order valence-electron chi connectivity index (χ0n) is 11.3. The summed E-state index contributed by atoms with van der Waals surface area (Å²) in [4.78, 5) is 0.